The Labute approximate surface area is 92.6 Å². The SMILES string of the molecule is C[C@H](NC(=O)[C@@H](N)Cc1cnc[nH]1)C(N)=O. The maximum atomic E-state index is 11.5. The van der Waals surface area contributed by atoms with Gasteiger partial charge in [0.15, 0.2) is 0 Å². The molecule has 1 aromatic rings. The number of nitrogens with zero attached hydrogens (tertiary/aromatic N) is 1. The van der Waals surface area contributed by atoms with Crippen molar-refractivity contribution in [3.05, 3.63) is 18.2 Å². The molecule has 0 aliphatic heterocycles. The minimum atomic E-state index is -0.734. The third-order valence-corrected chi connectivity index (χ3v) is 2.12. The van der Waals surface area contributed by atoms with Crippen LogP contribution in [0.25, 0.3) is 0 Å². The van der Waals surface area contributed by atoms with E-state index < -0.39 is 23.9 Å². The van der Waals surface area contributed by atoms with Crippen molar-refractivity contribution >= 4 is 11.8 Å². The number of primary amides is 1. The molecule has 2 atom stereocenters. The normalized spacial score (nSPS) is 14.1. The van der Waals surface area contributed by atoms with Gasteiger partial charge in [-0.2, -0.15) is 0 Å². The van der Waals surface area contributed by atoms with Crippen molar-refractivity contribution in [2.24, 2.45) is 11.5 Å². The number of aromatic amines is 1. The average Bonchev–Trinajstić information content (AvgIpc) is 2.69. The van der Waals surface area contributed by atoms with Crippen LogP contribution < -0.4 is 16.8 Å². The van der Waals surface area contributed by atoms with E-state index in [1.807, 2.05) is 0 Å². The third-order valence-electron chi connectivity index (χ3n) is 2.12. The van der Waals surface area contributed by atoms with E-state index in [2.05, 4.69) is 15.3 Å². The Morgan fingerprint density at radius 2 is 2.31 bits per heavy atom. The van der Waals surface area contributed by atoms with Gasteiger partial charge in [0.05, 0.1) is 12.4 Å². The molecule has 7 heteroatoms. The largest absolute Gasteiger partial charge is 0.368 e. The van der Waals surface area contributed by atoms with E-state index in [4.69, 9.17) is 11.5 Å². The van der Waals surface area contributed by atoms with Crippen LogP contribution in [-0.2, 0) is 16.0 Å². The first-order chi connectivity index (χ1) is 7.50. The van der Waals surface area contributed by atoms with Crippen molar-refractivity contribution in [3.63, 3.8) is 0 Å². The topological polar surface area (TPSA) is 127 Å². The van der Waals surface area contributed by atoms with Crippen molar-refractivity contribution in [3.8, 4) is 0 Å². The van der Waals surface area contributed by atoms with Gasteiger partial charge in [-0.25, -0.2) is 4.98 Å². The number of H-pyrrole nitrogens is 1. The number of rotatable bonds is 5. The molecule has 0 aliphatic carbocycles. The van der Waals surface area contributed by atoms with Crippen LogP contribution in [0.15, 0.2) is 12.5 Å². The van der Waals surface area contributed by atoms with E-state index in [0.717, 1.165) is 5.69 Å². The van der Waals surface area contributed by atoms with E-state index in [-0.39, 0.29) is 0 Å². The molecule has 0 bridgehead atoms. The highest BCUT2D eigenvalue weighted by Crippen LogP contribution is 1.96. The zero-order chi connectivity index (χ0) is 12.1. The van der Waals surface area contributed by atoms with E-state index >= 15 is 0 Å². The highest BCUT2D eigenvalue weighted by molar-refractivity contribution is 5.88. The van der Waals surface area contributed by atoms with Crippen molar-refractivity contribution < 1.29 is 9.59 Å². The fourth-order valence-electron chi connectivity index (χ4n) is 1.12. The molecule has 0 spiro atoms. The molecule has 6 N–H and O–H groups in total. The minimum absolute atomic E-state index is 0.331. The van der Waals surface area contributed by atoms with Crippen LogP contribution in [0.1, 0.15) is 12.6 Å². The van der Waals surface area contributed by atoms with E-state index in [9.17, 15) is 9.59 Å². The number of hydrogen-bond acceptors (Lipinski definition) is 4. The molecule has 0 aliphatic rings. The lowest BCUT2D eigenvalue weighted by Crippen LogP contribution is -2.49. The fraction of sp³-hybridized carbons (Fsp3) is 0.444. The predicted octanol–water partition coefficient (Wildman–Crippen LogP) is -1.73. The molecule has 0 radical (unpaired) electrons. The number of nitrogens with two attached hydrogens (primary N) is 2. The number of amides is 2. The first-order valence-corrected chi connectivity index (χ1v) is 4.83. The first kappa shape index (κ1) is 12.2. The third kappa shape index (κ3) is 3.35. The lowest BCUT2D eigenvalue weighted by atomic mass is 10.1. The van der Waals surface area contributed by atoms with Gasteiger partial charge in [0.2, 0.25) is 11.8 Å². The van der Waals surface area contributed by atoms with Gasteiger partial charge in [0.25, 0.3) is 0 Å². The summed E-state index contributed by atoms with van der Waals surface area (Å²) in [5.41, 5.74) is 11.4. The summed E-state index contributed by atoms with van der Waals surface area (Å²) in [6.45, 7) is 1.50. The van der Waals surface area contributed by atoms with Gasteiger partial charge in [-0.1, -0.05) is 0 Å². The van der Waals surface area contributed by atoms with Crippen molar-refractivity contribution in [1.82, 2.24) is 15.3 Å². The summed E-state index contributed by atoms with van der Waals surface area (Å²) in [5.74, 6) is -1.01. The molecule has 2 amide bonds. The zero-order valence-corrected chi connectivity index (χ0v) is 8.93. The molecule has 1 heterocycles. The molecule has 0 unspecified atom stereocenters. The van der Waals surface area contributed by atoms with Gasteiger partial charge >= 0.3 is 0 Å². The molecular formula is C9H15N5O2. The molecule has 7 nitrogen and oxygen atoms in total. The summed E-state index contributed by atoms with van der Waals surface area (Å²) in [5, 5.41) is 2.42. The van der Waals surface area contributed by atoms with Crippen LogP contribution in [-0.4, -0.2) is 33.9 Å². The Hall–Kier alpha value is -1.89. The Balaban J connectivity index is 2.45. The van der Waals surface area contributed by atoms with Crippen molar-refractivity contribution in [1.29, 1.82) is 0 Å². The van der Waals surface area contributed by atoms with E-state index in [1.54, 1.807) is 6.20 Å². The highest BCUT2D eigenvalue weighted by atomic mass is 16.2. The van der Waals surface area contributed by atoms with Gasteiger partial charge in [-0.15, -0.1) is 0 Å². The van der Waals surface area contributed by atoms with Crippen molar-refractivity contribution in [2.75, 3.05) is 0 Å². The maximum Gasteiger partial charge on any atom is 0.239 e. The Bertz CT molecular complexity index is 362. The molecule has 1 rings (SSSR count). The molecule has 0 saturated carbocycles. The van der Waals surface area contributed by atoms with Crippen LogP contribution in [0.3, 0.4) is 0 Å². The number of hydrogen-bond donors (Lipinski definition) is 4. The van der Waals surface area contributed by atoms with Crippen LogP contribution >= 0.6 is 0 Å². The molecule has 16 heavy (non-hydrogen) atoms. The van der Waals surface area contributed by atoms with Crippen LogP contribution in [0, 0.1) is 0 Å². The molecule has 0 fully saturated rings. The summed E-state index contributed by atoms with van der Waals surface area (Å²) in [4.78, 5) is 28.9. The molecular weight excluding hydrogens is 210 g/mol. The summed E-state index contributed by atoms with van der Waals surface area (Å²) in [7, 11) is 0. The Morgan fingerprint density at radius 1 is 1.62 bits per heavy atom. The first-order valence-electron chi connectivity index (χ1n) is 4.83. The van der Waals surface area contributed by atoms with Gasteiger partial charge < -0.3 is 21.8 Å². The number of aromatic nitrogens is 2. The quantitative estimate of drug-likeness (QED) is 0.474. The van der Waals surface area contributed by atoms with E-state index in [1.165, 1.54) is 13.3 Å². The van der Waals surface area contributed by atoms with E-state index in [0.29, 0.717) is 6.42 Å². The molecule has 88 valence electrons. The van der Waals surface area contributed by atoms with Crippen LogP contribution in [0.4, 0.5) is 0 Å². The Morgan fingerprint density at radius 3 is 2.81 bits per heavy atom. The van der Waals surface area contributed by atoms with Crippen LogP contribution in [0.5, 0.6) is 0 Å². The molecule has 0 aromatic carbocycles. The van der Waals surface area contributed by atoms with Gasteiger partial charge in [0, 0.05) is 18.3 Å². The second-order valence-corrected chi connectivity index (χ2v) is 3.52. The number of imidazole rings is 1. The maximum absolute atomic E-state index is 11.5. The standard InChI is InChI=1S/C9H15N5O2/c1-5(8(11)15)14-9(16)7(10)2-6-3-12-4-13-6/h3-5,7H,2,10H2,1H3,(H2,11,15)(H,12,13)(H,14,16)/t5-,7-/m0/s1. The van der Waals surface area contributed by atoms with Crippen molar-refractivity contribution in [2.45, 2.75) is 25.4 Å². The number of nitrogens with one attached hydrogen (secondary N) is 2. The second-order valence-electron chi connectivity index (χ2n) is 3.52. The number of carbonyl (C=O) groups is 2. The summed E-state index contributed by atoms with van der Waals surface area (Å²) < 4.78 is 0. The van der Waals surface area contributed by atoms with Crippen LogP contribution in [0.2, 0.25) is 0 Å². The van der Waals surface area contributed by atoms with Gasteiger partial charge in [-0.3, -0.25) is 9.59 Å². The lowest BCUT2D eigenvalue weighted by Gasteiger charge is -2.14. The second kappa shape index (κ2) is 5.26. The fourth-order valence-corrected chi connectivity index (χ4v) is 1.12. The summed E-state index contributed by atoms with van der Waals surface area (Å²) >= 11 is 0. The van der Waals surface area contributed by atoms with Gasteiger partial charge in [-0.05, 0) is 6.92 Å². The Kier molecular flexibility index (Phi) is 4.01. The minimum Gasteiger partial charge on any atom is -0.368 e. The zero-order valence-electron chi connectivity index (χ0n) is 8.93. The lowest BCUT2D eigenvalue weighted by molar-refractivity contribution is -0.127. The monoisotopic (exact) mass is 225 g/mol. The van der Waals surface area contributed by atoms with Gasteiger partial charge in [0.1, 0.15) is 6.04 Å². The molecule has 1 aromatic heterocycles. The molecule has 0 saturated heterocycles. The summed E-state index contributed by atoms with van der Waals surface area (Å²) in [6.07, 6.45) is 3.42. The average molecular weight is 225 g/mol. The predicted molar refractivity (Wildman–Crippen MR) is 57.1 cm³/mol. The smallest absolute Gasteiger partial charge is 0.239 e. The highest BCUT2D eigenvalue weighted by Gasteiger charge is 2.18. The summed E-state index contributed by atoms with van der Waals surface area (Å²) in [6, 6.07) is -1.46. The number of carbonyl (C=O) groups excluding carboxylic acids is 2.